The van der Waals surface area contributed by atoms with Gasteiger partial charge in [0.1, 0.15) is 0 Å². The van der Waals surface area contributed by atoms with Gasteiger partial charge in [0.05, 0.1) is 31.9 Å². The summed E-state index contributed by atoms with van der Waals surface area (Å²) >= 11 is 0. The Morgan fingerprint density at radius 2 is 0.806 bits per heavy atom. The van der Waals surface area contributed by atoms with Crippen LogP contribution in [0.1, 0.15) is 11.1 Å². The van der Waals surface area contributed by atoms with Crippen molar-refractivity contribution in [3.63, 3.8) is 0 Å². The molecule has 0 radical (unpaired) electrons. The Morgan fingerprint density at radius 3 is 1.17 bits per heavy atom. The third kappa shape index (κ3) is 3.14. The number of aryl methyl sites for hydroxylation is 2. The van der Waals surface area contributed by atoms with Crippen LogP contribution >= 0.6 is 0 Å². The lowest BCUT2D eigenvalue weighted by Crippen LogP contribution is -2.13. The molecule has 0 aliphatic rings. The minimum absolute atomic E-state index is 0.133. The molecular formula is C28H22N2O4S2. The standard InChI is InChI=1S/C28H22N2O4S2/c1-19-11-15-21(16-12-19)35(31,32)29-25-9-5-3-7-23(25)28-27(29)24-8-4-6-10-26(24)30(28)36(33,34)22-17-13-20(2)14-18-22/h3-18H,1-2H3. The molecule has 6 aromatic rings. The summed E-state index contributed by atoms with van der Waals surface area (Å²) in [5, 5.41) is 1.07. The molecule has 0 saturated heterocycles. The molecule has 0 spiro atoms. The first-order valence-corrected chi connectivity index (χ1v) is 14.3. The van der Waals surface area contributed by atoms with Gasteiger partial charge in [-0.15, -0.1) is 0 Å². The van der Waals surface area contributed by atoms with Gasteiger partial charge in [-0.05, 0) is 50.2 Å². The molecule has 4 aromatic carbocycles. The fourth-order valence-electron chi connectivity index (χ4n) is 4.74. The van der Waals surface area contributed by atoms with E-state index in [0.29, 0.717) is 32.8 Å². The van der Waals surface area contributed by atoms with Gasteiger partial charge in [0.25, 0.3) is 20.0 Å². The highest BCUT2D eigenvalue weighted by molar-refractivity contribution is 7.91. The number of hydrogen-bond acceptors (Lipinski definition) is 4. The molecule has 36 heavy (non-hydrogen) atoms. The number of fused-ring (bicyclic) bond motifs is 5. The van der Waals surface area contributed by atoms with Crippen LogP contribution in [-0.2, 0) is 20.0 Å². The lowest BCUT2D eigenvalue weighted by molar-refractivity contribution is 0.588. The molecular weight excluding hydrogens is 492 g/mol. The summed E-state index contributed by atoms with van der Waals surface area (Å²) in [5.41, 5.74) is 3.39. The molecule has 0 saturated carbocycles. The summed E-state index contributed by atoms with van der Waals surface area (Å²) in [7, 11) is -8.10. The largest absolute Gasteiger partial charge is 0.268 e. The van der Waals surface area contributed by atoms with E-state index in [4.69, 9.17) is 0 Å². The average molecular weight is 515 g/mol. The Balaban J connectivity index is 1.82. The zero-order valence-corrected chi connectivity index (χ0v) is 21.2. The Labute approximate surface area is 209 Å². The van der Waals surface area contributed by atoms with E-state index in [-0.39, 0.29) is 9.79 Å². The second kappa shape index (κ2) is 7.81. The molecule has 0 bridgehead atoms. The highest BCUT2D eigenvalue weighted by Crippen LogP contribution is 2.40. The van der Waals surface area contributed by atoms with E-state index in [1.54, 1.807) is 97.1 Å². The van der Waals surface area contributed by atoms with E-state index in [1.807, 2.05) is 13.8 Å². The predicted molar refractivity (Wildman–Crippen MR) is 142 cm³/mol. The average Bonchev–Trinajstić information content (AvgIpc) is 3.38. The van der Waals surface area contributed by atoms with Crippen LogP contribution in [0, 0.1) is 13.8 Å². The molecule has 2 aromatic heterocycles. The number of para-hydroxylation sites is 2. The maximum Gasteiger partial charge on any atom is 0.268 e. The van der Waals surface area contributed by atoms with Gasteiger partial charge in [-0.2, -0.15) is 0 Å². The Bertz CT molecular complexity index is 1870. The fraction of sp³-hybridized carbons (Fsp3) is 0.0714. The van der Waals surface area contributed by atoms with E-state index in [2.05, 4.69) is 0 Å². The third-order valence-electron chi connectivity index (χ3n) is 6.50. The van der Waals surface area contributed by atoms with E-state index in [9.17, 15) is 16.8 Å². The van der Waals surface area contributed by atoms with Gasteiger partial charge in [-0.3, -0.25) is 0 Å². The van der Waals surface area contributed by atoms with Crippen molar-refractivity contribution in [2.75, 3.05) is 0 Å². The Hall–Kier alpha value is -3.88. The van der Waals surface area contributed by atoms with Crippen molar-refractivity contribution < 1.29 is 16.8 Å². The second-order valence-electron chi connectivity index (χ2n) is 8.90. The van der Waals surface area contributed by atoms with Crippen molar-refractivity contribution in [3.8, 4) is 0 Å². The smallest absolute Gasteiger partial charge is 0.231 e. The third-order valence-corrected chi connectivity index (χ3v) is 9.96. The normalized spacial score (nSPS) is 12.6. The number of nitrogens with zero attached hydrogens (tertiary/aromatic N) is 2. The maximum atomic E-state index is 14.0. The van der Waals surface area contributed by atoms with E-state index in [0.717, 1.165) is 11.1 Å². The number of benzene rings is 4. The molecule has 0 aliphatic carbocycles. The predicted octanol–water partition coefficient (Wildman–Crippen LogP) is 5.84. The molecule has 0 atom stereocenters. The van der Waals surface area contributed by atoms with E-state index >= 15 is 0 Å². The van der Waals surface area contributed by atoms with E-state index < -0.39 is 20.0 Å². The Kier molecular flexibility index (Phi) is 4.90. The summed E-state index contributed by atoms with van der Waals surface area (Å²) in [4.78, 5) is 0.267. The second-order valence-corrected chi connectivity index (χ2v) is 12.5. The van der Waals surface area contributed by atoms with Crippen LogP contribution in [-0.4, -0.2) is 24.8 Å². The fourth-order valence-corrected chi connectivity index (χ4v) is 7.81. The molecule has 0 unspecified atom stereocenters. The monoisotopic (exact) mass is 514 g/mol. The number of aromatic nitrogens is 2. The molecule has 0 N–H and O–H groups in total. The summed E-state index contributed by atoms with van der Waals surface area (Å²) in [6.07, 6.45) is 0. The molecule has 0 amide bonds. The SMILES string of the molecule is Cc1ccc(S(=O)(=O)n2c3ccccc3c3c2c2ccccc2n3S(=O)(=O)c2ccc(C)cc2)cc1. The van der Waals surface area contributed by atoms with Gasteiger partial charge in [0.2, 0.25) is 0 Å². The molecule has 0 aliphatic heterocycles. The van der Waals surface area contributed by atoms with Gasteiger partial charge in [0.15, 0.2) is 0 Å². The van der Waals surface area contributed by atoms with Crippen LogP contribution < -0.4 is 0 Å². The molecule has 0 fully saturated rings. The van der Waals surface area contributed by atoms with Crippen molar-refractivity contribution >= 4 is 52.9 Å². The molecule has 8 heteroatoms. The molecule has 2 heterocycles. The highest BCUT2D eigenvalue weighted by atomic mass is 32.2. The van der Waals surface area contributed by atoms with Crippen molar-refractivity contribution in [1.82, 2.24) is 7.94 Å². The number of hydrogen-bond donors (Lipinski definition) is 0. The first-order chi connectivity index (χ1) is 17.2. The molecule has 6 rings (SSSR count). The van der Waals surface area contributed by atoms with Crippen molar-refractivity contribution in [1.29, 1.82) is 0 Å². The van der Waals surface area contributed by atoms with Gasteiger partial charge in [0, 0.05) is 10.8 Å². The zero-order chi connectivity index (χ0) is 25.2. The van der Waals surface area contributed by atoms with Crippen LogP contribution in [0.25, 0.3) is 32.8 Å². The summed E-state index contributed by atoms with van der Waals surface area (Å²) in [5.74, 6) is 0. The van der Waals surface area contributed by atoms with Crippen molar-refractivity contribution in [2.24, 2.45) is 0 Å². The van der Waals surface area contributed by atoms with Crippen LogP contribution in [0.3, 0.4) is 0 Å². The van der Waals surface area contributed by atoms with Crippen LogP contribution in [0.5, 0.6) is 0 Å². The Morgan fingerprint density at radius 1 is 0.472 bits per heavy atom. The van der Waals surface area contributed by atoms with Gasteiger partial charge in [-0.1, -0.05) is 71.8 Å². The quantitative estimate of drug-likeness (QED) is 0.296. The highest BCUT2D eigenvalue weighted by Gasteiger charge is 2.31. The van der Waals surface area contributed by atoms with Gasteiger partial charge < -0.3 is 0 Å². The maximum absolute atomic E-state index is 14.0. The summed E-state index contributed by atoms with van der Waals surface area (Å²) in [6.45, 7) is 3.78. The summed E-state index contributed by atoms with van der Waals surface area (Å²) < 4.78 is 58.8. The van der Waals surface area contributed by atoms with Crippen molar-refractivity contribution in [3.05, 3.63) is 108 Å². The first-order valence-electron chi connectivity index (χ1n) is 11.4. The van der Waals surface area contributed by atoms with Crippen molar-refractivity contribution in [2.45, 2.75) is 23.6 Å². The minimum atomic E-state index is -4.05. The molecule has 6 nitrogen and oxygen atoms in total. The lowest BCUT2D eigenvalue weighted by Gasteiger charge is -2.10. The topological polar surface area (TPSA) is 78.1 Å². The molecule has 180 valence electrons. The van der Waals surface area contributed by atoms with E-state index in [1.165, 1.54) is 7.94 Å². The zero-order valence-electron chi connectivity index (χ0n) is 19.6. The van der Waals surface area contributed by atoms with Crippen LogP contribution in [0.2, 0.25) is 0 Å². The minimum Gasteiger partial charge on any atom is -0.231 e. The van der Waals surface area contributed by atoms with Crippen LogP contribution in [0.4, 0.5) is 0 Å². The summed E-state index contributed by atoms with van der Waals surface area (Å²) in [6, 6.07) is 27.3. The first kappa shape index (κ1) is 22.6. The number of rotatable bonds is 4. The van der Waals surface area contributed by atoms with Crippen LogP contribution in [0.15, 0.2) is 107 Å². The van der Waals surface area contributed by atoms with Gasteiger partial charge in [-0.25, -0.2) is 24.8 Å². The van der Waals surface area contributed by atoms with Gasteiger partial charge >= 0.3 is 0 Å². The lowest BCUT2D eigenvalue weighted by atomic mass is 10.2.